The van der Waals surface area contributed by atoms with E-state index in [4.69, 9.17) is 14.2 Å². The third-order valence-electron chi connectivity index (χ3n) is 7.70. The highest BCUT2D eigenvalue weighted by molar-refractivity contribution is 7.92. The Balaban J connectivity index is 1.69. The van der Waals surface area contributed by atoms with Crippen molar-refractivity contribution in [1.29, 1.82) is 0 Å². The molecule has 8 nitrogen and oxygen atoms in total. The van der Waals surface area contributed by atoms with E-state index in [1.165, 1.54) is 23.5 Å². The second kappa shape index (κ2) is 11.9. The number of methoxy groups -OCH3 is 2. The van der Waals surface area contributed by atoms with Crippen LogP contribution in [0.2, 0.25) is 0 Å². The first kappa shape index (κ1) is 31.2. The van der Waals surface area contributed by atoms with Crippen molar-refractivity contribution in [3.05, 3.63) is 76.9 Å². The van der Waals surface area contributed by atoms with Crippen LogP contribution in [0.3, 0.4) is 0 Å². The monoisotopic (exact) mass is 594 g/mol. The Morgan fingerprint density at radius 2 is 1.64 bits per heavy atom. The largest absolute Gasteiger partial charge is 0.497 e. The number of aryl methyl sites for hydroxylation is 1. The van der Waals surface area contributed by atoms with Gasteiger partial charge in [-0.05, 0) is 96.0 Å². The summed E-state index contributed by atoms with van der Waals surface area (Å²) in [6.45, 7) is 14.1. The van der Waals surface area contributed by atoms with Crippen molar-refractivity contribution >= 4 is 21.6 Å². The van der Waals surface area contributed by atoms with Crippen LogP contribution in [-0.2, 0) is 20.2 Å². The van der Waals surface area contributed by atoms with Gasteiger partial charge in [0.2, 0.25) is 0 Å². The fourth-order valence-electron chi connectivity index (χ4n) is 5.15. The molecule has 1 N–H and O–H groups in total. The molecule has 0 aliphatic carbocycles. The van der Waals surface area contributed by atoms with Gasteiger partial charge in [0.1, 0.15) is 17.2 Å². The van der Waals surface area contributed by atoms with Crippen molar-refractivity contribution in [3.63, 3.8) is 0 Å². The Labute approximate surface area is 250 Å². The fourth-order valence-corrected chi connectivity index (χ4v) is 6.62. The molecule has 1 aliphatic heterocycles. The number of carbonyl (C=O) groups excluding carboxylic acids is 1. The SMILES string of the molecule is COc1ccc(S(=O)(=O)N2C[C@H](C(=O)N[C@@H](C)c3cc(C(C)C)c(OC)cc3C)Oc3ccc(C(C)(C)C)cc32)cc1. The Morgan fingerprint density at radius 3 is 2.21 bits per heavy atom. The van der Waals surface area contributed by atoms with Crippen molar-refractivity contribution in [3.8, 4) is 17.2 Å². The summed E-state index contributed by atoms with van der Waals surface area (Å²) in [5, 5.41) is 3.06. The topological polar surface area (TPSA) is 94.2 Å². The smallest absolute Gasteiger partial charge is 0.264 e. The molecule has 4 rings (SSSR count). The Kier molecular flexibility index (Phi) is 8.83. The molecular weight excluding hydrogens is 552 g/mol. The lowest BCUT2D eigenvalue weighted by Gasteiger charge is -2.36. The summed E-state index contributed by atoms with van der Waals surface area (Å²) in [4.78, 5) is 13.8. The van der Waals surface area contributed by atoms with Crippen LogP contribution in [0.15, 0.2) is 59.5 Å². The molecule has 3 aromatic rings. The molecule has 3 aromatic carbocycles. The van der Waals surface area contributed by atoms with Crippen LogP contribution < -0.4 is 23.8 Å². The fraction of sp³-hybridized carbons (Fsp3) is 0.424. The molecule has 0 saturated carbocycles. The molecule has 42 heavy (non-hydrogen) atoms. The zero-order chi connectivity index (χ0) is 31.0. The van der Waals surface area contributed by atoms with E-state index in [2.05, 4.69) is 46.0 Å². The maximum absolute atomic E-state index is 14.0. The van der Waals surface area contributed by atoms with Gasteiger partial charge in [0.15, 0.2) is 6.10 Å². The second-order valence-electron chi connectivity index (χ2n) is 12.1. The lowest BCUT2D eigenvalue weighted by Crippen LogP contribution is -2.51. The van der Waals surface area contributed by atoms with E-state index >= 15 is 0 Å². The first-order valence-electron chi connectivity index (χ1n) is 14.1. The lowest BCUT2D eigenvalue weighted by atomic mass is 9.86. The minimum atomic E-state index is -4.04. The Bertz CT molecular complexity index is 1560. The number of carbonyl (C=O) groups is 1. The minimum Gasteiger partial charge on any atom is -0.497 e. The van der Waals surface area contributed by atoms with E-state index in [9.17, 15) is 13.2 Å². The maximum atomic E-state index is 14.0. The van der Waals surface area contributed by atoms with Crippen LogP contribution >= 0.6 is 0 Å². The molecule has 2 atom stereocenters. The molecule has 0 spiro atoms. The van der Waals surface area contributed by atoms with E-state index in [-0.39, 0.29) is 28.8 Å². The number of hydrogen-bond acceptors (Lipinski definition) is 6. The standard InChI is InChI=1S/C33H42N2O6S/c1-20(2)26-18-27(21(3)16-30(26)40-9)22(4)34-32(36)31-19-35(42(37,38)25-13-11-24(39-8)12-14-25)28-17-23(33(5,6)7)10-15-29(28)41-31/h10-18,20,22,31H,19H2,1-9H3,(H,34,36)/t22-,31+/m0/s1. The summed E-state index contributed by atoms with van der Waals surface area (Å²) < 4.78 is 46.3. The van der Waals surface area contributed by atoms with Gasteiger partial charge in [0, 0.05) is 0 Å². The van der Waals surface area contributed by atoms with Crippen LogP contribution in [0.4, 0.5) is 5.69 Å². The van der Waals surface area contributed by atoms with Crippen LogP contribution in [0.1, 0.15) is 75.8 Å². The molecular formula is C33H42N2O6S. The summed E-state index contributed by atoms with van der Waals surface area (Å²) in [5.41, 5.74) is 4.13. The lowest BCUT2D eigenvalue weighted by molar-refractivity contribution is -0.128. The third kappa shape index (κ3) is 6.21. The predicted molar refractivity (Wildman–Crippen MR) is 165 cm³/mol. The van der Waals surface area contributed by atoms with Crippen LogP contribution in [-0.4, -0.2) is 41.2 Å². The molecule has 9 heteroatoms. The van der Waals surface area contributed by atoms with Crippen molar-refractivity contribution in [1.82, 2.24) is 5.32 Å². The zero-order valence-corrected chi connectivity index (χ0v) is 26.8. The molecule has 1 amide bonds. The number of sulfonamides is 1. The van der Waals surface area contributed by atoms with E-state index in [1.54, 1.807) is 25.3 Å². The summed E-state index contributed by atoms with van der Waals surface area (Å²) in [7, 11) is -0.858. The Hall–Kier alpha value is -3.72. The van der Waals surface area contributed by atoms with E-state index < -0.39 is 22.0 Å². The molecule has 0 unspecified atom stereocenters. The van der Waals surface area contributed by atoms with Gasteiger partial charge < -0.3 is 19.5 Å². The molecule has 0 radical (unpaired) electrons. The normalized spacial score (nSPS) is 16.0. The molecule has 0 bridgehead atoms. The zero-order valence-electron chi connectivity index (χ0n) is 25.9. The maximum Gasteiger partial charge on any atom is 0.264 e. The van der Waals surface area contributed by atoms with E-state index in [1.807, 2.05) is 32.0 Å². The van der Waals surface area contributed by atoms with Crippen LogP contribution in [0.25, 0.3) is 0 Å². The molecule has 1 heterocycles. The van der Waals surface area contributed by atoms with Crippen molar-refractivity contribution in [2.45, 2.75) is 76.8 Å². The molecule has 1 aliphatic rings. The summed E-state index contributed by atoms with van der Waals surface area (Å²) in [6, 6.07) is 15.4. The Morgan fingerprint density at radius 1 is 0.976 bits per heavy atom. The van der Waals surface area contributed by atoms with Crippen molar-refractivity contribution < 1.29 is 27.4 Å². The van der Waals surface area contributed by atoms with Gasteiger partial charge in [-0.1, -0.05) is 40.7 Å². The number of hydrogen-bond donors (Lipinski definition) is 1. The van der Waals surface area contributed by atoms with E-state index in [0.29, 0.717) is 17.2 Å². The minimum absolute atomic E-state index is 0.0971. The second-order valence-corrected chi connectivity index (χ2v) is 13.9. The number of ether oxygens (including phenoxy) is 3. The van der Waals surface area contributed by atoms with Gasteiger partial charge in [0.05, 0.1) is 37.4 Å². The first-order chi connectivity index (χ1) is 19.7. The van der Waals surface area contributed by atoms with E-state index in [0.717, 1.165) is 28.0 Å². The van der Waals surface area contributed by atoms with Crippen molar-refractivity contribution in [2.24, 2.45) is 0 Å². The quantitative estimate of drug-likeness (QED) is 0.331. The van der Waals surface area contributed by atoms with Gasteiger partial charge in [-0.3, -0.25) is 9.10 Å². The van der Waals surface area contributed by atoms with Crippen molar-refractivity contribution in [2.75, 3.05) is 25.1 Å². The highest BCUT2D eigenvalue weighted by Crippen LogP contribution is 2.40. The summed E-state index contributed by atoms with van der Waals surface area (Å²) in [5.74, 6) is 1.53. The van der Waals surface area contributed by atoms with Gasteiger partial charge in [0.25, 0.3) is 15.9 Å². The van der Waals surface area contributed by atoms with Gasteiger partial charge in [-0.25, -0.2) is 8.42 Å². The number of anilines is 1. The van der Waals surface area contributed by atoms with Gasteiger partial charge >= 0.3 is 0 Å². The highest BCUT2D eigenvalue weighted by Gasteiger charge is 2.39. The van der Waals surface area contributed by atoms with Crippen LogP contribution in [0.5, 0.6) is 17.2 Å². The average Bonchev–Trinajstić information content (AvgIpc) is 2.95. The number of fused-ring (bicyclic) bond motifs is 1. The number of nitrogens with one attached hydrogen (secondary N) is 1. The highest BCUT2D eigenvalue weighted by atomic mass is 32.2. The molecule has 0 aromatic heterocycles. The predicted octanol–water partition coefficient (Wildman–Crippen LogP) is 6.27. The van der Waals surface area contributed by atoms with Gasteiger partial charge in [-0.2, -0.15) is 0 Å². The first-order valence-corrected chi connectivity index (χ1v) is 15.6. The molecule has 0 saturated heterocycles. The number of nitrogens with zero attached hydrogens (tertiary/aromatic N) is 1. The average molecular weight is 595 g/mol. The molecule has 226 valence electrons. The number of rotatable bonds is 8. The molecule has 0 fully saturated rings. The third-order valence-corrected chi connectivity index (χ3v) is 9.49. The number of benzene rings is 3. The number of amides is 1. The summed E-state index contributed by atoms with van der Waals surface area (Å²) in [6.07, 6.45) is -1.06. The van der Waals surface area contributed by atoms with Gasteiger partial charge in [-0.15, -0.1) is 0 Å². The van der Waals surface area contributed by atoms with Crippen LogP contribution in [0, 0.1) is 6.92 Å². The summed E-state index contributed by atoms with van der Waals surface area (Å²) >= 11 is 0.